The number of pyridine rings is 1. The van der Waals surface area contributed by atoms with E-state index in [0.29, 0.717) is 38.7 Å². The highest BCUT2D eigenvalue weighted by molar-refractivity contribution is 6.42. The van der Waals surface area contributed by atoms with Gasteiger partial charge in [-0.1, -0.05) is 41.4 Å². The molecule has 1 aliphatic heterocycles. The number of nitrogens with one attached hydrogen (secondary N) is 1. The van der Waals surface area contributed by atoms with E-state index in [2.05, 4.69) is 9.88 Å². The maximum atomic E-state index is 13.0. The number of carbonyl (C=O) groups is 1. The minimum absolute atomic E-state index is 0.0726. The van der Waals surface area contributed by atoms with Gasteiger partial charge in [0, 0.05) is 56.3 Å². The van der Waals surface area contributed by atoms with Crippen molar-refractivity contribution in [3.8, 4) is 5.75 Å². The van der Waals surface area contributed by atoms with Crippen LogP contribution in [0, 0.1) is 0 Å². The van der Waals surface area contributed by atoms with Crippen molar-refractivity contribution in [3.63, 3.8) is 0 Å². The van der Waals surface area contributed by atoms with E-state index in [0.717, 1.165) is 25.9 Å². The number of rotatable bonds is 7. The number of β-amino-alcohol motifs (C(OH)–C–C–N with tert-alkyl or cyclic N) is 1. The number of fused-ring (bicyclic) bond motifs is 1. The molecule has 2 aromatic carbocycles. The van der Waals surface area contributed by atoms with E-state index in [-0.39, 0.29) is 24.1 Å². The number of aromatic nitrogens is 1. The van der Waals surface area contributed by atoms with Crippen molar-refractivity contribution >= 4 is 39.9 Å². The fourth-order valence-electron chi connectivity index (χ4n) is 4.30. The SMILES string of the molecule is CN(C[C@H](O)CN1CCC(Oc2ccc(Cl)c(Cl)c2)CC1)C(=O)c1c[nH]c(=O)c2ccccc12. The quantitative estimate of drug-likeness (QED) is 0.511. The van der Waals surface area contributed by atoms with Crippen LogP contribution in [0.3, 0.4) is 0 Å². The fourth-order valence-corrected chi connectivity index (χ4v) is 4.59. The van der Waals surface area contributed by atoms with Gasteiger partial charge in [0.25, 0.3) is 11.5 Å². The molecule has 3 aromatic rings. The normalized spacial score (nSPS) is 15.9. The van der Waals surface area contributed by atoms with Crippen LogP contribution in [0.15, 0.2) is 53.5 Å². The second-order valence-corrected chi connectivity index (χ2v) is 9.42. The van der Waals surface area contributed by atoms with Crippen LogP contribution < -0.4 is 10.3 Å². The number of likely N-dealkylation sites (tertiary alicyclic amines) is 1. The van der Waals surface area contributed by atoms with Gasteiger partial charge in [-0.25, -0.2) is 0 Å². The molecule has 0 bridgehead atoms. The largest absolute Gasteiger partial charge is 0.490 e. The van der Waals surface area contributed by atoms with Crippen molar-refractivity contribution in [2.24, 2.45) is 0 Å². The van der Waals surface area contributed by atoms with Gasteiger partial charge in [-0.15, -0.1) is 0 Å². The summed E-state index contributed by atoms with van der Waals surface area (Å²) in [6, 6.07) is 12.3. The molecule has 1 aliphatic rings. The number of hydrogen-bond acceptors (Lipinski definition) is 5. The van der Waals surface area contributed by atoms with E-state index in [1.54, 1.807) is 43.4 Å². The highest BCUT2D eigenvalue weighted by Crippen LogP contribution is 2.28. The van der Waals surface area contributed by atoms with Crippen LogP contribution in [0.4, 0.5) is 0 Å². The smallest absolute Gasteiger partial charge is 0.255 e. The van der Waals surface area contributed by atoms with Gasteiger partial charge in [0.05, 0.1) is 21.7 Å². The maximum absolute atomic E-state index is 13.0. The molecule has 180 valence electrons. The molecule has 1 amide bonds. The Morgan fingerprint density at radius 3 is 2.59 bits per heavy atom. The minimum atomic E-state index is -0.699. The third kappa shape index (κ3) is 5.73. The van der Waals surface area contributed by atoms with Crippen LogP contribution in [0.5, 0.6) is 5.75 Å². The zero-order valence-electron chi connectivity index (χ0n) is 18.8. The molecule has 1 aromatic heterocycles. The van der Waals surface area contributed by atoms with Gasteiger partial charge in [0.1, 0.15) is 11.9 Å². The number of carbonyl (C=O) groups excluding carboxylic acids is 1. The highest BCUT2D eigenvalue weighted by Gasteiger charge is 2.24. The Balaban J connectivity index is 1.28. The number of aliphatic hydroxyl groups excluding tert-OH is 1. The molecule has 1 fully saturated rings. The molecule has 1 saturated heterocycles. The summed E-state index contributed by atoms with van der Waals surface area (Å²) in [5.41, 5.74) is 0.173. The number of aromatic amines is 1. The molecule has 0 radical (unpaired) electrons. The summed E-state index contributed by atoms with van der Waals surface area (Å²) in [7, 11) is 1.66. The molecule has 34 heavy (non-hydrogen) atoms. The van der Waals surface area contributed by atoms with Gasteiger partial charge >= 0.3 is 0 Å². The fraction of sp³-hybridized carbons (Fsp3) is 0.360. The summed E-state index contributed by atoms with van der Waals surface area (Å²) in [5.74, 6) is 0.447. The number of halogens is 2. The zero-order valence-corrected chi connectivity index (χ0v) is 20.4. The predicted octanol–water partition coefficient (Wildman–Crippen LogP) is 3.81. The molecular formula is C25H27Cl2N3O4. The van der Waals surface area contributed by atoms with Crippen molar-refractivity contribution in [2.45, 2.75) is 25.0 Å². The Bertz CT molecular complexity index is 1220. The van der Waals surface area contributed by atoms with E-state index in [9.17, 15) is 14.7 Å². The second-order valence-electron chi connectivity index (χ2n) is 8.61. The van der Waals surface area contributed by atoms with E-state index in [1.807, 2.05) is 6.07 Å². The number of amides is 1. The number of aliphatic hydroxyl groups is 1. The number of nitrogens with zero attached hydrogens (tertiary/aromatic N) is 2. The second kappa shape index (κ2) is 10.8. The lowest BCUT2D eigenvalue weighted by Crippen LogP contribution is -2.45. The molecule has 0 unspecified atom stereocenters. The number of piperidine rings is 1. The molecule has 0 spiro atoms. The topological polar surface area (TPSA) is 85.9 Å². The Morgan fingerprint density at radius 2 is 1.88 bits per heavy atom. The van der Waals surface area contributed by atoms with Crippen molar-refractivity contribution in [2.75, 3.05) is 33.2 Å². The van der Waals surface area contributed by atoms with Gasteiger partial charge in [-0.3, -0.25) is 9.59 Å². The number of ether oxygens (including phenoxy) is 1. The van der Waals surface area contributed by atoms with E-state index >= 15 is 0 Å². The maximum Gasteiger partial charge on any atom is 0.255 e. The van der Waals surface area contributed by atoms with Gasteiger partial charge in [-0.05, 0) is 31.0 Å². The Hall–Kier alpha value is -2.58. The van der Waals surface area contributed by atoms with Gasteiger partial charge in [-0.2, -0.15) is 0 Å². The monoisotopic (exact) mass is 503 g/mol. The van der Waals surface area contributed by atoms with Gasteiger partial charge in [0.2, 0.25) is 0 Å². The molecule has 1 atom stereocenters. The van der Waals surface area contributed by atoms with E-state index < -0.39 is 6.10 Å². The van der Waals surface area contributed by atoms with Crippen LogP contribution in [0.25, 0.3) is 10.8 Å². The third-order valence-electron chi connectivity index (χ3n) is 6.07. The first kappa shape index (κ1) is 24.5. The molecule has 0 saturated carbocycles. The summed E-state index contributed by atoms with van der Waals surface area (Å²) in [4.78, 5) is 31.3. The highest BCUT2D eigenvalue weighted by atomic mass is 35.5. The third-order valence-corrected chi connectivity index (χ3v) is 6.81. The molecule has 2 heterocycles. The summed E-state index contributed by atoms with van der Waals surface area (Å²) in [6.45, 7) is 2.21. The van der Waals surface area contributed by atoms with Crippen molar-refractivity contribution in [3.05, 3.63) is 74.6 Å². The Kier molecular flexibility index (Phi) is 7.78. The minimum Gasteiger partial charge on any atom is -0.490 e. The average Bonchev–Trinajstić information content (AvgIpc) is 2.82. The molecule has 7 nitrogen and oxygen atoms in total. The van der Waals surface area contributed by atoms with Crippen LogP contribution in [0.2, 0.25) is 10.0 Å². The number of benzene rings is 2. The Morgan fingerprint density at radius 1 is 1.18 bits per heavy atom. The first-order valence-corrected chi connectivity index (χ1v) is 12.0. The van der Waals surface area contributed by atoms with E-state index in [1.165, 1.54) is 11.1 Å². The summed E-state index contributed by atoms with van der Waals surface area (Å²) >= 11 is 12.0. The van der Waals surface area contributed by atoms with Crippen LogP contribution in [-0.2, 0) is 0 Å². The predicted molar refractivity (Wildman–Crippen MR) is 134 cm³/mol. The van der Waals surface area contributed by atoms with E-state index in [4.69, 9.17) is 27.9 Å². The average molecular weight is 504 g/mol. The van der Waals surface area contributed by atoms with Gasteiger partial charge < -0.3 is 24.6 Å². The first-order valence-electron chi connectivity index (χ1n) is 11.2. The summed E-state index contributed by atoms with van der Waals surface area (Å²) in [6.07, 6.45) is 2.46. The lowest BCUT2D eigenvalue weighted by Gasteiger charge is -2.34. The lowest BCUT2D eigenvalue weighted by atomic mass is 10.1. The summed E-state index contributed by atoms with van der Waals surface area (Å²) < 4.78 is 6.02. The molecule has 2 N–H and O–H groups in total. The van der Waals surface area contributed by atoms with Gasteiger partial charge in [0.15, 0.2) is 0 Å². The first-order chi connectivity index (χ1) is 16.3. The standard InChI is InChI=1S/C25H27Cl2N3O4/c1-29(25(33)21-13-28-24(32)20-5-3-2-4-19(20)21)14-16(31)15-30-10-8-17(9-11-30)34-18-6-7-22(26)23(27)12-18/h2-7,12-13,16-17,31H,8-11,14-15H2,1H3,(H,28,32)/t16-/m0/s1. The lowest BCUT2D eigenvalue weighted by molar-refractivity contribution is 0.0430. The van der Waals surface area contributed by atoms with Crippen molar-refractivity contribution in [1.82, 2.24) is 14.8 Å². The number of hydrogen-bond donors (Lipinski definition) is 2. The van der Waals surface area contributed by atoms with Crippen LogP contribution >= 0.6 is 23.2 Å². The zero-order chi connectivity index (χ0) is 24.2. The summed E-state index contributed by atoms with van der Waals surface area (Å²) in [5, 5.41) is 12.7. The van der Waals surface area contributed by atoms with Crippen molar-refractivity contribution in [1.29, 1.82) is 0 Å². The number of H-pyrrole nitrogens is 1. The number of likely N-dealkylation sites (N-methyl/N-ethyl adjacent to an activating group) is 1. The van der Waals surface area contributed by atoms with Crippen LogP contribution in [0.1, 0.15) is 23.2 Å². The molecular weight excluding hydrogens is 477 g/mol. The van der Waals surface area contributed by atoms with Crippen molar-refractivity contribution < 1.29 is 14.6 Å². The molecule has 9 heteroatoms. The van der Waals surface area contributed by atoms with Crippen LogP contribution in [-0.4, -0.2) is 71.2 Å². The Labute approximate surface area is 207 Å². The molecule has 4 rings (SSSR count). The molecule has 0 aliphatic carbocycles.